The topological polar surface area (TPSA) is 17.1 Å². The van der Waals surface area contributed by atoms with Crippen molar-refractivity contribution in [3.63, 3.8) is 0 Å². The number of hydrogen-bond donors (Lipinski definition) is 0. The first-order valence-corrected chi connectivity index (χ1v) is 5.45. The lowest BCUT2D eigenvalue weighted by Crippen LogP contribution is -2.30. The SMILES string of the molecule is CC1(C)CC[C@@]2(C)CC[C@H](C=O)[C@@H]12. The van der Waals surface area contributed by atoms with Crippen LogP contribution in [-0.2, 0) is 4.79 Å². The minimum absolute atomic E-state index is 0.350. The van der Waals surface area contributed by atoms with Crippen LogP contribution in [-0.4, -0.2) is 6.29 Å². The third-order valence-electron chi connectivity index (χ3n) is 4.58. The zero-order valence-electron chi connectivity index (χ0n) is 8.97. The highest BCUT2D eigenvalue weighted by atomic mass is 16.1. The van der Waals surface area contributed by atoms with E-state index in [-0.39, 0.29) is 0 Å². The maximum Gasteiger partial charge on any atom is 0.123 e. The lowest BCUT2D eigenvalue weighted by molar-refractivity contribution is -0.113. The average Bonchev–Trinajstić information content (AvgIpc) is 2.50. The highest BCUT2D eigenvalue weighted by molar-refractivity contribution is 5.55. The monoisotopic (exact) mass is 180 g/mol. The van der Waals surface area contributed by atoms with E-state index in [1.807, 2.05) is 0 Å². The molecule has 0 aromatic rings. The van der Waals surface area contributed by atoms with Gasteiger partial charge in [0.2, 0.25) is 0 Å². The summed E-state index contributed by atoms with van der Waals surface area (Å²) < 4.78 is 0. The van der Waals surface area contributed by atoms with Gasteiger partial charge in [0.25, 0.3) is 0 Å². The van der Waals surface area contributed by atoms with Gasteiger partial charge in [-0.25, -0.2) is 0 Å². The van der Waals surface area contributed by atoms with E-state index in [0.717, 1.165) is 6.42 Å². The predicted octanol–water partition coefficient (Wildman–Crippen LogP) is 3.04. The second-order valence-corrected chi connectivity index (χ2v) is 5.96. The Balaban J connectivity index is 2.32. The Labute approximate surface area is 80.9 Å². The van der Waals surface area contributed by atoms with Crippen molar-refractivity contribution >= 4 is 6.29 Å². The molecule has 1 heteroatoms. The van der Waals surface area contributed by atoms with Gasteiger partial charge < -0.3 is 4.79 Å². The van der Waals surface area contributed by atoms with Crippen molar-refractivity contribution in [2.45, 2.75) is 46.5 Å². The number of fused-ring (bicyclic) bond motifs is 1. The highest BCUT2D eigenvalue weighted by Gasteiger charge is 2.56. The maximum absolute atomic E-state index is 11.0. The van der Waals surface area contributed by atoms with Gasteiger partial charge in [0.05, 0.1) is 0 Å². The van der Waals surface area contributed by atoms with Crippen LogP contribution < -0.4 is 0 Å². The predicted molar refractivity (Wildman–Crippen MR) is 53.4 cm³/mol. The Bertz CT molecular complexity index is 231. The normalized spacial score (nSPS) is 47.6. The molecule has 2 rings (SSSR count). The number of aldehydes is 1. The molecule has 1 nitrogen and oxygen atoms in total. The zero-order valence-corrected chi connectivity index (χ0v) is 8.97. The molecule has 0 aromatic carbocycles. The van der Waals surface area contributed by atoms with Crippen molar-refractivity contribution < 1.29 is 4.79 Å². The second-order valence-electron chi connectivity index (χ2n) is 5.96. The molecule has 0 unspecified atom stereocenters. The molecule has 0 aliphatic heterocycles. The largest absolute Gasteiger partial charge is 0.303 e. The third-order valence-corrected chi connectivity index (χ3v) is 4.58. The lowest BCUT2D eigenvalue weighted by atomic mass is 9.70. The van der Waals surface area contributed by atoms with Gasteiger partial charge in [-0.1, -0.05) is 20.8 Å². The van der Waals surface area contributed by atoms with Crippen LogP contribution in [0.4, 0.5) is 0 Å². The zero-order chi connectivity index (χ0) is 9.69. The van der Waals surface area contributed by atoms with Gasteiger partial charge in [0, 0.05) is 5.92 Å². The smallest absolute Gasteiger partial charge is 0.123 e. The molecule has 2 aliphatic carbocycles. The van der Waals surface area contributed by atoms with Gasteiger partial charge in [-0.2, -0.15) is 0 Å². The molecule has 2 saturated carbocycles. The van der Waals surface area contributed by atoms with Crippen LogP contribution in [0.2, 0.25) is 0 Å². The van der Waals surface area contributed by atoms with E-state index in [1.165, 1.54) is 25.5 Å². The molecular formula is C12H20O. The second kappa shape index (κ2) is 2.59. The Morgan fingerprint density at radius 1 is 1.15 bits per heavy atom. The fraction of sp³-hybridized carbons (Fsp3) is 0.917. The van der Waals surface area contributed by atoms with E-state index in [1.54, 1.807) is 0 Å². The average molecular weight is 180 g/mol. The summed E-state index contributed by atoms with van der Waals surface area (Å²) in [6.45, 7) is 7.06. The number of rotatable bonds is 1. The minimum Gasteiger partial charge on any atom is -0.303 e. The van der Waals surface area contributed by atoms with Crippen molar-refractivity contribution in [2.24, 2.45) is 22.7 Å². The number of carbonyl (C=O) groups is 1. The molecule has 0 radical (unpaired) electrons. The van der Waals surface area contributed by atoms with E-state index in [4.69, 9.17) is 0 Å². The van der Waals surface area contributed by atoms with Crippen LogP contribution >= 0.6 is 0 Å². The van der Waals surface area contributed by atoms with Crippen LogP contribution in [0.15, 0.2) is 0 Å². The first kappa shape index (κ1) is 9.23. The van der Waals surface area contributed by atoms with Crippen molar-refractivity contribution in [1.82, 2.24) is 0 Å². The van der Waals surface area contributed by atoms with E-state index in [0.29, 0.717) is 22.7 Å². The number of carbonyl (C=O) groups excluding carboxylic acids is 1. The molecule has 3 atom stereocenters. The molecule has 13 heavy (non-hydrogen) atoms. The van der Waals surface area contributed by atoms with Crippen molar-refractivity contribution in [3.05, 3.63) is 0 Å². The summed E-state index contributed by atoms with van der Waals surface area (Å²) in [5, 5.41) is 0. The Hall–Kier alpha value is -0.330. The van der Waals surface area contributed by atoms with Crippen molar-refractivity contribution in [2.75, 3.05) is 0 Å². The molecule has 0 heterocycles. The fourth-order valence-electron chi connectivity index (χ4n) is 4.05. The summed E-state index contributed by atoms with van der Waals surface area (Å²) in [6, 6.07) is 0. The minimum atomic E-state index is 0.350. The van der Waals surface area contributed by atoms with Crippen LogP contribution in [0.25, 0.3) is 0 Å². The van der Waals surface area contributed by atoms with Crippen LogP contribution in [0.3, 0.4) is 0 Å². The van der Waals surface area contributed by atoms with Crippen LogP contribution in [0, 0.1) is 22.7 Å². The fourth-order valence-corrected chi connectivity index (χ4v) is 4.05. The summed E-state index contributed by atoms with van der Waals surface area (Å²) >= 11 is 0. The Morgan fingerprint density at radius 2 is 1.85 bits per heavy atom. The molecule has 0 bridgehead atoms. The van der Waals surface area contributed by atoms with Gasteiger partial charge >= 0.3 is 0 Å². The standard InChI is InChI=1S/C12H20O/c1-11(2)6-7-12(3)5-4-9(8-13)10(11)12/h8-10H,4-7H2,1-3H3/t9-,10+,12-/m1/s1. The van der Waals surface area contributed by atoms with Gasteiger partial charge in [-0.15, -0.1) is 0 Å². The molecule has 0 N–H and O–H groups in total. The van der Waals surface area contributed by atoms with Gasteiger partial charge in [-0.05, 0) is 42.4 Å². The van der Waals surface area contributed by atoms with Crippen molar-refractivity contribution in [1.29, 1.82) is 0 Å². The molecule has 0 saturated heterocycles. The summed E-state index contributed by atoms with van der Waals surface area (Å²) in [4.78, 5) is 11.0. The summed E-state index contributed by atoms with van der Waals surface area (Å²) in [6.07, 6.45) is 6.25. The first-order chi connectivity index (χ1) is 5.99. The van der Waals surface area contributed by atoms with E-state index in [2.05, 4.69) is 20.8 Å². The van der Waals surface area contributed by atoms with Gasteiger partial charge in [0.1, 0.15) is 6.29 Å². The summed E-state index contributed by atoms with van der Waals surface area (Å²) in [5.41, 5.74) is 0.881. The lowest BCUT2D eigenvalue weighted by Gasteiger charge is -2.34. The van der Waals surface area contributed by atoms with Crippen LogP contribution in [0.5, 0.6) is 0 Å². The van der Waals surface area contributed by atoms with E-state index >= 15 is 0 Å². The van der Waals surface area contributed by atoms with E-state index < -0.39 is 0 Å². The molecule has 0 aromatic heterocycles. The maximum atomic E-state index is 11.0. The van der Waals surface area contributed by atoms with Gasteiger partial charge in [-0.3, -0.25) is 0 Å². The molecule has 74 valence electrons. The summed E-state index contributed by atoms with van der Waals surface area (Å²) in [7, 11) is 0. The molecule has 2 aliphatic rings. The highest BCUT2D eigenvalue weighted by Crippen LogP contribution is 2.63. The quantitative estimate of drug-likeness (QED) is 0.567. The summed E-state index contributed by atoms with van der Waals surface area (Å²) in [5.74, 6) is 1.000. The first-order valence-electron chi connectivity index (χ1n) is 5.45. The number of hydrogen-bond acceptors (Lipinski definition) is 1. The van der Waals surface area contributed by atoms with Crippen molar-refractivity contribution in [3.8, 4) is 0 Å². The molecule has 0 amide bonds. The Morgan fingerprint density at radius 3 is 2.46 bits per heavy atom. The Kier molecular flexibility index (Phi) is 1.84. The third kappa shape index (κ3) is 1.16. The van der Waals surface area contributed by atoms with Gasteiger partial charge in [0.15, 0.2) is 0 Å². The van der Waals surface area contributed by atoms with E-state index in [9.17, 15) is 4.79 Å². The molecule has 0 spiro atoms. The molecule has 2 fully saturated rings. The molecular weight excluding hydrogens is 160 g/mol. The van der Waals surface area contributed by atoms with Crippen LogP contribution in [0.1, 0.15) is 46.5 Å².